The van der Waals surface area contributed by atoms with Gasteiger partial charge in [-0.15, -0.1) is 11.3 Å². The zero-order chi connectivity index (χ0) is 14.7. The second-order valence-corrected chi connectivity index (χ2v) is 8.16. The van der Waals surface area contributed by atoms with Crippen LogP contribution < -0.4 is 5.32 Å². The molecule has 21 heavy (non-hydrogen) atoms. The lowest BCUT2D eigenvalue weighted by molar-refractivity contribution is 0.0778. The number of likely N-dealkylation sites (tertiary alicyclic amines) is 1. The number of thiophene rings is 1. The Kier molecular flexibility index (Phi) is 5.03. The maximum Gasteiger partial charge on any atom is 0.0601 e. The van der Waals surface area contributed by atoms with Gasteiger partial charge in [-0.25, -0.2) is 0 Å². The fourth-order valence-corrected chi connectivity index (χ4v) is 5.45. The highest BCUT2D eigenvalue weighted by Crippen LogP contribution is 2.47. The summed E-state index contributed by atoms with van der Waals surface area (Å²) in [6, 6.07) is 5.22. The molecule has 2 fully saturated rings. The molecule has 1 aromatic heterocycles. The van der Waals surface area contributed by atoms with Crippen molar-refractivity contribution in [3.05, 3.63) is 21.9 Å². The molecule has 1 aliphatic carbocycles. The van der Waals surface area contributed by atoms with Gasteiger partial charge in [-0.3, -0.25) is 4.90 Å². The number of aryl methyl sites for hydroxylation is 1. The number of hydrogen-bond acceptors (Lipinski definition) is 3. The van der Waals surface area contributed by atoms with Crippen molar-refractivity contribution >= 4 is 11.3 Å². The van der Waals surface area contributed by atoms with Crippen LogP contribution in [0.2, 0.25) is 0 Å². The molecule has 1 aliphatic heterocycles. The first-order chi connectivity index (χ1) is 10.3. The molecular weight excluding hydrogens is 276 g/mol. The Hall–Kier alpha value is -0.380. The van der Waals surface area contributed by atoms with E-state index in [0.717, 1.165) is 6.54 Å². The molecule has 1 saturated carbocycles. The molecular formula is C18H30N2S. The summed E-state index contributed by atoms with van der Waals surface area (Å²) in [7, 11) is 0. The Bertz CT molecular complexity index is 442. The number of nitrogens with zero attached hydrogens (tertiary/aromatic N) is 1. The van der Waals surface area contributed by atoms with Gasteiger partial charge in [0.15, 0.2) is 0 Å². The van der Waals surface area contributed by atoms with E-state index in [0.29, 0.717) is 11.6 Å². The quantitative estimate of drug-likeness (QED) is 0.832. The van der Waals surface area contributed by atoms with E-state index < -0.39 is 0 Å². The molecule has 1 saturated heterocycles. The van der Waals surface area contributed by atoms with Crippen molar-refractivity contribution in [3.8, 4) is 0 Å². The normalized spacial score (nSPS) is 23.7. The molecule has 0 amide bonds. The molecule has 2 heterocycles. The molecule has 1 aromatic rings. The van der Waals surface area contributed by atoms with E-state index in [1.165, 1.54) is 62.9 Å². The predicted octanol–water partition coefficient (Wildman–Crippen LogP) is 4.51. The monoisotopic (exact) mass is 306 g/mol. The van der Waals surface area contributed by atoms with Crippen molar-refractivity contribution in [2.45, 2.75) is 70.4 Å². The van der Waals surface area contributed by atoms with Crippen LogP contribution in [0.15, 0.2) is 12.1 Å². The maximum atomic E-state index is 3.93. The maximum absolute atomic E-state index is 3.93. The minimum Gasteiger partial charge on any atom is -0.308 e. The van der Waals surface area contributed by atoms with Gasteiger partial charge >= 0.3 is 0 Å². The first kappa shape index (κ1) is 15.5. The fourth-order valence-electron chi connectivity index (χ4n) is 4.39. The van der Waals surface area contributed by atoms with Gasteiger partial charge < -0.3 is 5.32 Å². The van der Waals surface area contributed by atoms with Crippen LogP contribution >= 0.6 is 11.3 Å². The van der Waals surface area contributed by atoms with Crippen molar-refractivity contribution in [3.63, 3.8) is 0 Å². The lowest BCUT2D eigenvalue weighted by Crippen LogP contribution is -2.54. The summed E-state index contributed by atoms with van der Waals surface area (Å²) < 4.78 is 0. The zero-order valence-corrected chi connectivity index (χ0v) is 14.5. The van der Waals surface area contributed by atoms with E-state index in [1.807, 2.05) is 11.3 Å². The second-order valence-electron chi connectivity index (χ2n) is 6.84. The molecule has 1 unspecified atom stereocenters. The average Bonchev–Trinajstić information content (AvgIpc) is 3.20. The van der Waals surface area contributed by atoms with Crippen LogP contribution in [-0.4, -0.2) is 30.1 Å². The van der Waals surface area contributed by atoms with Gasteiger partial charge in [0, 0.05) is 15.3 Å². The molecule has 0 bridgehead atoms. The first-order valence-corrected chi connectivity index (χ1v) is 9.63. The molecule has 0 radical (unpaired) electrons. The van der Waals surface area contributed by atoms with Crippen LogP contribution in [0, 0.1) is 6.92 Å². The molecule has 118 valence electrons. The van der Waals surface area contributed by atoms with Crippen LogP contribution in [0.5, 0.6) is 0 Å². The minimum atomic E-state index is 0.392. The van der Waals surface area contributed by atoms with Crippen LogP contribution in [-0.2, 0) is 0 Å². The third-order valence-corrected chi connectivity index (χ3v) is 6.45. The van der Waals surface area contributed by atoms with Crippen molar-refractivity contribution in [1.82, 2.24) is 10.2 Å². The first-order valence-electron chi connectivity index (χ1n) is 8.81. The summed E-state index contributed by atoms with van der Waals surface area (Å²) in [5.74, 6) is 0. The van der Waals surface area contributed by atoms with Crippen LogP contribution in [0.4, 0.5) is 0 Å². The van der Waals surface area contributed by atoms with Crippen molar-refractivity contribution < 1.29 is 0 Å². The fraction of sp³-hybridized carbons (Fsp3) is 0.778. The number of nitrogens with one attached hydrogen (secondary N) is 1. The Labute approximate surface area is 133 Å². The van der Waals surface area contributed by atoms with Crippen LogP contribution in [0.1, 0.15) is 67.7 Å². The van der Waals surface area contributed by atoms with Crippen molar-refractivity contribution in [1.29, 1.82) is 0 Å². The van der Waals surface area contributed by atoms with E-state index in [9.17, 15) is 0 Å². The van der Waals surface area contributed by atoms with E-state index >= 15 is 0 Å². The average molecular weight is 307 g/mol. The van der Waals surface area contributed by atoms with Gasteiger partial charge in [0.05, 0.1) is 6.04 Å². The van der Waals surface area contributed by atoms with E-state index in [1.54, 1.807) is 4.88 Å². The zero-order valence-electron chi connectivity index (χ0n) is 13.7. The second kappa shape index (κ2) is 6.80. The van der Waals surface area contributed by atoms with Gasteiger partial charge in [-0.2, -0.15) is 0 Å². The lowest BCUT2D eigenvalue weighted by Gasteiger charge is -2.45. The Morgan fingerprint density at radius 1 is 1.19 bits per heavy atom. The van der Waals surface area contributed by atoms with Crippen molar-refractivity contribution in [2.75, 3.05) is 19.6 Å². The van der Waals surface area contributed by atoms with Gasteiger partial charge in [0.2, 0.25) is 0 Å². The van der Waals surface area contributed by atoms with Gasteiger partial charge in [0.1, 0.15) is 0 Å². The molecule has 2 nitrogen and oxygen atoms in total. The number of rotatable bonds is 6. The molecule has 0 aromatic carbocycles. The van der Waals surface area contributed by atoms with Crippen LogP contribution in [0.3, 0.4) is 0 Å². The highest BCUT2D eigenvalue weighted by Gasteiger charge is 2.47. The van der Waals surface area contributed by atoms with Gasteiger partial charge in [-0.1, -0.05) is 19.8 Å². The summed E-state index contributed by atoms with van der Waals surface area (Å²) in [5.41, 5.74) is 0.392. The molecule has 1 N–H and O–H groups in total. The van der Waals surface area contributed by atoms with E-state index in [-0.39, 0.29) is 0 Å². The molecule has 1 atom stereocenters. The highest BCUT2D eigenvalue weighted by molar-refractivity contribution is 7.12. The lowest BCUT2D eigenvalue weighted by atomic mass is 9.85. The van der Waals surface area contributed by atoms with Crippen molar-refractivity contribution in [2.24, 2.45) is 0 Å². The van der Waals surface area contributed by atoms with Gasteiger partial charge in [0.25, 0.3) is 0 Å². The third-order valence-electron chi connectivity index (χ3n) is 5.39. The standard InChI is InChI=1S/C18H30N2S/c1-3-12-19-17(16-9-8-15(2)21-16)18(10-4-5-11-18)20-13-6-7-14-20/h8-9,17,19H,3-7,10-14H2,1-2H3. The number of hydrogen-bond donors (Lipinski definition) is 1. The molecule has 3 heteroatoms. The smallest absolute Gasteiger partial charge is 0.0601 e. The summed E-state index contributed by atoms with van der Waals surface area (Å²) in [6.07, 6.45) is 9.58. The van der Waals surface area contributed by atoms with E-state index in [2.05, 4.69) is 36.2 Å². The summed E-state index contributed by atoms with van der Waals surface area (Å²) >= 11 is 2.00. The largest absolute Gasteiger partial charge is 0.308 e. The highest BCUT2D eigenvalue weighted by atomic mass is 32.1. The summed E-state index contributed by atoms with van der Waals surface area (Å²) in [6.45, 7) is 8.28. The third kappa shape index (κ3) is 3.06. The Balaban J connectivity index is 1.91. The SMILES string of the molecule is CCCNC(c1ccc(C)s1)C1(N2CCCC2)CCCC1. The van der Waals surface area contributed by atoms with Crippen LogP contribution in [0.25, 0.3) is 0 Å². The van der Waals surface area contributed by atoms with E-state index in [4.69, 9.17) is 0 Å². The predicted molar refractivity (Wildman–Crippen MR) is 92.1 cm³/mol. The molecule has 2 aliphatic rings. The summed E-state index contributed by atoms with van der Waals surface area (Å²) in [5, 5.41) is 3.93. The minimum absolute atomic E-state index is 0.392. The Morgan fingerprint density at radius 2 is 1.90 bits per heavy atom. The topological polar surface area (TPSA) is 15.3 Å². The molecule has 0 spiro atoms. The Morgan fingerprint density at radius 3 is 2.48 bits per heavy atom. The summed E-state index contributed by atoms with van der Waals surface area (Å²) in [4.78, 5) is 5.85. The van der Waals surface area contributed by atoms with Gasteiger partial charge in [-0.05, 0) is 70.8 Å². The molecule has 3 rings (SSSR count).